The van der Waals surface area contributed by atoms with Gasteiger partial charge in [0.1, 0.15) is 24.4 Å². The molecule has 0 aliphatic rings. The fourth-order valence-electron chi connectivity index (χ4n) is 2.88. The van der Waals surface area contributed by atoms with Crippen molar-refractivity contribution >= 4 is 23.6 Å². The van der Waals surface area contributed by atoms with Crippen molar-refractivity contribution in [1.82, 2.24) is 10.6 Å². The van der Waals surface area contributed by atoms with Crippen LogP contribution in [0.1, 0.15) is 57.8 Å². The van der Waals surface area contributed by atoms with E-state index in [-0.39, 0.29) is 50.7 Å². The Morgan fingerprint density at radius 2 is 1.94 bits per heavy atom. The summed E-state index contributed by atoms with van der Waals surface area (Å²) in [6.45, 7) is 11.3. The van der Waals surface area contributed by atoms with Crippen molar-refractivity contribution in [2.24, 2.45) is 11.8 Å². The number of nitrogens with one attached hydrogen (secondary N) is 2. The van der Waals surface area contributed by atoms with E-state index >= 15 is 0 Å². The van der Waals surface area contributed by atoms with E-state index in [0.717, 1.165) is 24.6 Å². The number of thioether (sulfide) groups is 1. The minimum atomic E-state index is -0.956. The Bertz CT molecular complexity index is 920. The lowest BCUT2D eigenvalue weighted by Gasteiger charge is -2.26. The van der Waals surface area contributed by atoms with E-state index in [4.69, 9.17) is 14.2 Å². The van der Waals surface area contributed by atoms with Crippen LogP contribution in [-0.2, 0) is 14.3 Å². The highest BCUT2D eigenvalue weighted by Crippen LogP contribution is 2.27. The normalized spacial score (nSPS) is 12.3. The molecule has 198 valence electrons. The van der Waals surface area contributed by atoms with E-state index < -0.39 is 4.93 Å². The van der Waals surface area contributed by atoms with E-state index in [1.54, 1.807) is 31.2 Å². The third-order valence-corrected chi connectivity index (χ3v) is 5.49. The lowest BCUT2D eigenvalue weighted by molar-refractivity contribution is -0.126. The zero-order chi connectivity index (χ0) is 26.8. The smallest absolute Gasteiger partial charge is 0.251 e. The maximum Gasteiger partial charge on any atom is 0.251 e. The van der Waals surface area contributed by atoms with Crippen LogP contribution in [0.4, 0.5) is 0 Å². The minimum Gasteiger partial charge on any atom is -0.490 e. The third-order valence-electron chi connectivity index (χ3n) is 4.74. The number of benzene rings is 1. The molecule has 1 atom stereocenters. The van der Waals surface area contributed by atoms with Crippen LogP contribution >= 0.6 is 11.8 Å². The number of nitrogens with zero attached hydrogens (tertiary/aromatic N) is 1. The Morgan fingerprint density at radius 1 is 1.17 bits per heavy atom. The molecule has 0 fully saturated rings. The molecule has 0 unspecified atom stereocenters. The van der Waals surface area contributed by atoms with Gasteiger partial charge in [0.15, 0.2) is 4.93 Å². The molecule has 0 aromatic heterocycles. The zero-order valence-corrected chi connectivity index (χ0v) is 22.8. The van der Waals surface area contributed by atoms with Crippen molar-refractivity contribution in [2.45, 2.75) is 52.4 Å². The molecule has 0 heterocycles. The Morgan fingerprint density at radius 3 is 2.64 bits per heavy atom. The SMILES string of the molecule is CC(C)C#CCNC(=O)COCCO[C@](C)(COc1cccc(C(=O)NCCCC(C)C)c1)SC#N. The van der Waals surface area contributed by atoms with E-state index in [1.165, 1.54) is 0 Å². The molecular weight excluding hydrogens is 478 g/mol. The number of ether oxygens (including phenoxy) is 3. The summed E-state index contributed by atoms with van der Waals surface area (Å²) in [7, 11) is 0. The van der Waals surface area contributed by atoms with Crippen LogP contribution in [0.25, 0.3) is 0 Å². The van der Waals surface area contributed by atoms with Gasteiger partial charge in [0, 0.05) is 18.0 Å². The predicted octanol–water partition coefficient (Wildman–Crippen LogP) is 3.97. The molecule has 0 aliphatic carbocycles. The van der Waals surface area contributed by atoms with E-state index in [1.807, 2.05) is 19.2 Å². The van der Waals surface area contributed by atoms with Crippen LogP contribution in [0.3, 0.4) is 0 Å². The highest BCUT2D eigenvalue weighted by molar-refractivity contribution is 8.04. The van der Waals surface area contributed by atoms with Crippen molar-refractivity contribution in [3.63, 3.8) is 0 Å². The second kappa shape index (κ2) is 17.7. The number of carbonyl (C=O) groups is 2. The molecule has 0 bridgehead atoms. The van der Waals surface area contributed by atoms with E-state index in [0.29, 0.717) is 23.8 Å². The minimum absolute atomic E-state index is 0.0830. The average molecular weight is 518 g/mol. The van der Waals surface area contributed by atoms with Gasteiger partial charge in [-0.15, -0.1) is 0 Å². The molecule has 0 saturated heterocycles. The number of amides is 2. The number of hydrogen-bond acceptors (Lipinski definition) is 7. The van der Waals surface area contributed by atoms with Crippen LogP contribution in [0.15, 0.2) is 24.3 Å². The number of hydrogen-bond donors (Lipinski definition) is 2. The van der Waals surface area contributed by atoms with Crippen LogP contribution in [0.2, 0.25) is 0 Å². The summed E-state index contributed by atoms with van der Waals surface area (Å²) < 4.78 is 17.0. The van der Waals surface area contributed by atoms with Gasteiger partial charge in [-0.05, 0) is 55.6 Å². The van der Waals surface area contributed by atoms with Crippen molar-refractivity contribution in [3.8, 4) is 23.0 Å². The van der Waals surface area contributed by atoms with Gasteiger partial charge >= 0.3 is 0 Å². The summed E-state index contributed by atoms with van der Waals surface area (Å²) in [4.78, 5) is 23.2. The topological polar surface area (TPSA) is 110 Å². The fourth-order valence-corrected chi connectivity index (χ4v) is 3.34. The Balaban J connectivity index is 2.44. The Labute approximate surface area is 219 Å². The standard InChI is InChI=1S/C27H39N3O5S/c1-21(2)9-7-13-29-25(31)18-33-15-16-35-27(5,36-20-28)19-34-24-12-6-11-23(17-24)26(32)30-14-8-10-22(3)4/h6,11-12,17,21-22H,8,10,13-16,18-19H2,1-5H3,(H,29,31)(H,30,32)/t27-/m0/s1. The second-order valence-electron chi connectivity index (χ2n) is 9.09. The largest absolute Gasteiger partial charge is 0.490 e. The summed E-state index contributed by atoms with van der Waals surface area (Å²) in [5.41, 5.74) is 0.509. The monoisotopic (exact) mass is 517 g/mol. The molecule has 8 nitrogen and oxygen atoms in total. The molecular formula is C27H39N3O5S. The highest BCUT2D eigenvalue weighted by Gasteiger charge is 2.28. The first-order valence-corrected chi connectivity index (χ1v) is 13.0. The van der Waals surface area contributed by atoms with Crippen LogP contribution < -0.4 is 15.4 Å². The Kier molecular flexibility index (Phi) is 15.4. The van der Waals surface area contributed by atoms with Gasteiger partial charge < -0.3 is 24.8 Å². The first-order valence-electron chi connectivity index (χ1n) is 12.2. The number of rotatable bonds is 16. The lowest BCUT2D eigenvalue weighted by atomic mass is 10.1. The van der Waals surface area contributed by atoms with Crippen molar-refractivity contribution in [3.05, 3.63) is 29.8 Å². The molecule has 2 N–H and O–H groups in total. The van der Waals surface area contributed by atoms with E-state index in [2.05, 4.69) is 36.3 Å². The lowest BCUT2D eigenvalue weighted by Crippen LogP contribution is -2.34. The van der Waals surface area contributed by atoms with Crippen LogP contribution in [0.5, 0.6) is 5.75 Å². The summed E-state index contributed by atoms with van der Waals surface area (Å²) in [5, 5.41) is 16.8. The number of carbonyl (C=O) groups excluding carboxylic acids is 2. The first-order chi connectivity index (χ1) is 17.1. The molecule has 0 saturated carbocycles. The molecule has 1 aromatic rings. The van der Waals surface area contributed by atoms with Gasteiger partial charge in [0.25, 0.3) is 5.91 Å². The molecule has 9 heteroatoms. The molecule has 1 aromatic carbocycles. The van der Waals surface area contributed by atoms with Gasteiger partial charge in [-0.3, -0.25) is 9.59 Å². The average Bonchev–Trinajstić information content (AvgIpc) is 2.83. The van der Waals surface area contributed by atoms with Gasteiger partial charge in [-0.1, -0.05) is 45.6 Å². The number of thiocyanates is 1. The summed E-state index contributed by atoms with van der Waals surface area (Å²) in [6, 6.07) is 6.90. The van der Waals surface area contributed by atoms with Gasteiger partial charge in [0.2, 0.25) is 5.91 Å². The second-order valence-corrected chi connectivity index (χ2v) is 10.3. The quantitative estimate of drug-likeness (QED) is 0.148. The molecule has 0 aliphatic heterocycles. The summed E-state index contributed by atoms with van der Waals surface area (Å²) in [6.07, 6.45) is 1.99. The summed E-state index contributed by atoms with van der Waals surface area (Å²) >= 11 is 0.933. The van der Waals surface area contributed by atoms with Crippen molar-refractivity contribution < 1.29 is 23.8 Å². The number of nitriles is 1. The maximum atomic E-state index is 12.4. The Hall–Kier alpha value is -2.72. The van der Waals surface area contributed by atoms with Gasteiger partial charge in [-0.25, -0.2) is 0 Å². The molecule has 2 amide bonds. The molecule has 0 radical (unpaired) electrons. The van der Waals surface area contributed by atoms with Crippen molar-refractivity contribution in [2.75, 3.05) is 39.5 Å². The van der Waals surface area contributed by atoms with Gasteiger partial charge in [0.05, 0.1) is 19.8 Å². The highest BCUT2D eigenvalue weighted by atomic mass is 32.2. The van der Waals surface area contributed by atoms with Crippen molar-refractivity contribution in [1.29, 1.82) is 5.26 Å². The van der Waals surface area contributed by atoms with Gasteiger partial charge in [-0.2, -0.15) is 5.26 Å². The molecule has 1 rings (SSSR count). The fraction of sp³-hybridized carbons (Fsp3) is 0.593. The van der Waals surface area contributed by atoms with E-state index in [9.17, 15) is 14.9 Å². The van der Waals surface area contributed by atoms with Crippen LogP contribution in [-0.4, -0.2) is 56.3 Å². The maximum absolute atomic E-state index is 12.4. The molecule has 36 heavy (non-hydrogen) atoms. The molecule has 0 spiro atoms. The van der Waals surface area contributed by atoms with Crippen LogP contribution in [0, 0.1) is 34.3 Å². The first kappa shape index (κ1) is 31.3. The summed E-state index contributed by atoms with van der Waals surface area (Å²) in [5.74, 6) is 6.80. The predicted molar refractivity (Wildman–Crippen MR) is 142 cm³/mol. The third kappa shape index (κ3) is 14.6. The zero-order valence-electron chi connectivity index (χ0n) is 22.0.